The van der Waals surface area contributed by atoms with Gasteiger partial charge < -0.3 is 9.42 Å². The van der Waals surface area contributed by atoms with Crippen LogP contribution in [0.25, 0.3) is 22.4 Å². The van der Waals surface area contributed by atoms with Crippen LogP contribution < -0.4 is 0 Å². The first-order valence-electron chi connectivity index (χ1n) is 7.49. The van der Waals surface area contributed by atoms with E-state index in [1.807, 2.05) is 44.2 Å². The van der Waals surface area contributed by atoms with Crippen LogP contribution in [-0.4, -0.2) is 35.0 Å². The first-order valence-corrected chi connectivity index (χ1v) is 7.49. The minimum absolute atomic E-state index is 0.0536. The predicted octanol–water partition coefficient (Wildman–Crippen LogP) is 3.14. The van der Waals surface area contributed by atoms with E-state index in [0.29, 0.717) is 12.2 Å². The lowest BCUT2D eigenvalue weighted by atomic mass is 10.0. The van der Waals surface area contributed by atoms with Crippen molar-refractivity contribution in [3.8, 4) is 11.5 Å². The monoisotopic (exact) mass is 309 g/mol. The van der Waals surface area contributed by atoms with Crippen molar-refractivity contribution in [1.29, 1.82) is 0 Å². The predicted molar refractivity (Wildman–Crippen MR) is 89.1 cm³/mol. The molecular weight excluding hydrogens is 290 g/mol. The van der Waals surface area contributed by atoms with E-state index in [4.69, 9.17) is 9.51 Å². The molecule has 0 aliphatic carbocycles. The van der Waals surface area contributed by atoms with E-state index in [9.17, 15) is 4.79 Å². The zero-order chi connectivity index (χ0) is 16.6. The van der Waals surface area contributed by atoms with Gasteiger partial charge in [-0.3, -0.25) is 4.79 Å². The van der Waals surface area contributed by atoms with Gasteiger partial charge >= 0.3 is 0 Å². The molecule has 5 nitrogen and oxygen atoms in total. The second-order valence-corrected chi connectivity index (χ2v) is 5.94. The lowest BCUT2D eigenvalue weighted by molar-refractivity contribution is -0.127. The zero-order valence-corrected chi connectivity index (χ0v) is 13.8. The first kappa shape index (κ1) is 15.2. The summed E-state index contributed by atoms with van der Waals surface area (Å²) in [4.78, 5) is 18.4. The highest BCUT2D eigenvalue weighted by atomic mass is 16.5. The van der Waals surface area contributed by atoms with Crippen LogP contribution in [0.3, 0.4) is 0 Å². The van der Waals surface area contributed by atoms with Crippen LogP contribution in [0.4, 0.5) is 0 Å². The van der Waals surface area contributed by atoms with Gasteiger partial charge in [0, 0.05) is 25.5 Å². The van der Waals surface area contributed by atoms with Gasteiger partial charge in [0.1, 0.15) is 5.69 Å². The molecule has 5 heteroatoms. The number of fused-ring (bicyclic) bond motifs is 1. The van der Waals surface area contributed by atoms with E-state index in [1.54, 1.807) is 19.0 Å². The van der Waals surface area contributed by atoms with Gasteiger partial charge in [-0.2, -0.15) is 0 Å². The van der Waals surface area contributed by atoms with E-state index >= 15 is 0 Å². The van der Waals surface area contributed by atoms with Crippen LogP contribution in [-0.2, 0) is 11.2 Å². The van der Waals surface area contributed by atoms with E-state index in [1.165, 1.54) is 0 Å². The van der Waals surface area contributed by atoms with E-state index < -0.39 is 0 Å². The smallest absolute Gasteiger partial charge is 0.226 e. The Balaban J connectivity index is 2.15. The Kier molecular flexibility index (Phi) is 3.86. The fourth-order valence-electron chi connectivity index (χ4n) is 2.55. The number of pyridine rings is 1. The van der Waals surface area contributed by atoms with Gasteiger partial charge in [0.25, 0.3) is 0 Å². The maximum absolute atomic E-state index is 12.1. The Morgan fingerprint density at radius 3 is 2.65 bits per heavy atom. The Morgan fingerprint density at radius 2 is 2.00 bits per heavy atom. The van der Waals surface area contributed by atoms with Crippen molar-refractivity contribution < 1.29 is 9.32 Å². The summed E-state index contributed by atoms with van der Waals surface area (Å²) in [7, 11) is 3.52. The summed E-state index contributed by atoms with van der Waals surface area (Å²) in [6, 6.07) is 9.79. The second-order valence-electron chi connectivity index (χ2n) is 5.94. The van der Waals surface area contributed by atoms with Gasteiger partial charge in [0.2, 0.25) is 5.91 Å². The lowest BCUT2D eigenvalue weighted by Gasteiger charge is -2.12. The molecule has 3 aromatic rings. The molecule has 0 atom stereocenters. The average Bonchev–Trinajstić information content (AvgIpc) is 2.94. The molecule has 1 aromatic carbocycles. The third-order valence-electron chi connectivity index (χ3n) is 3.85. The van der Waals surface area contributed by atoms with Crippen molar-refractivity contribution in [2.45, 2.75) is 20.3 Å². The number of amides is 1. The minimum atomic E-state index is 0.0536. The molecule has 23 heavy (non-hydrogen) atoms. The summed E-state index contributed by atoms with van der Waals surface area (Å²) >= 11 is 0. The summed E-state index contributed by atoms with van der Waals surface area (Å²) in [5, 5.41) is 4.97. The molecule has 0 unspecified atom stereocenters. The summed E-state index contributed by atoms with van der Waals surface area (Å²) in [6.45, 7) is 3.91. The standard InChI is InChI=1S/C18H19N3O2/c1-11-8-15(16-9-12(2)20-23-16)19-18-13(6-5-7-14(11)18)10-17(22)21(3)4/h5-9H,10H2,1-4H3. The van der Waals surface area contributed by atoms with Crippen molar-refractivity contribution in [3.05, 3.63) is 47.2 Å². The molecule has 0 bridgehead atoms. The lowest BCUT2D eigenvalue weighted by Crippen LogP contribution is -2.23. The number of benzene rings is 1. The SMILES string of the molecule is Cc1cc(-c2cc(C)c3cccc(CC(=O)N(C)C)c3n2)on1. The van der Waals surface area contributed by atoms with Gasteiger partial charge in [-0.1, -0.05) is 23.4 Å². The number of rotatable bonds is 3. The molecule has 0 aliphatic rings. The number of nitrogens with zero attached hydrogens (tertiary/aromatic N) is 3. The maximum Gasteiger partial charge on any atom is 0.226 e. The number of carbonyl (C=O) groups excluding carboxylic acids is 1. The highest BCUT2D eigenvalue weighted by Gasteiger charge is 2.14. The number of para-hydroxylation sites is 1. The van der Waals surface area contributed by atoms with E-state index in [0.717, 1.165) is 33.4 Å². The van der Waals surface area contributed by atoms with Crippen LogP contribution in [0.2, 0.25) is 0 Å². The highest BCUT2D eigenvalue weighted by molar-refractivity contribution is 5.90. The van der Waals surface area contributed by atoms with Crippen LogP contribution >= 0.6 is 0 Å². The van der Waals surface area contributed by atoms with Crippen molar-refractivity contribution >= 4 is 16.8 Å². The second kappa shape index (κ2) is 5.83. The first-order chi connectivity index (χ1) is 11.0. The normalized spacial score (nSPS) is 11.0. The van der Waals surface area contributed by atoms with Crippen molar-refractivity contribution in [2.75, 3.05) is 14.1 Å². The van der Waals surface area contributed by atoms with Crippen LogP contribution in [0.1, 0.15) is 16.8 Å². The Bertz CT molecular complexity index is 881. The molecule has 0 saturated carbocycles. The van der Waals surface area contributed by atoms with Crippen molar-refractivity contribution in [3.63, 3.8) is 0 Å². The number of hydrogen-bond donors (Lipinski definition) is 0. The Hall–Kier alpha value is -2.69. The molecule has 1 amide bonds. The molecule has 0 fully saturated rings. The molecule has 0 spiro atoms. The summed E-state index contributed by atoms with van der Waals surface area (Å²) in [6.07, 6.45) is 0.329. The molecule has 118 valence electrons. The molecule has 2 aromatic heterocycles. The minimum Gasteiger partial charge on any atom is -0.354 e. The summed E-state index contributed by atoms with van der Waals surface area (Å²) in [5.41, 5.74) is 4.41. The quantitative estimate of drug-likeness (QED) is 0.746. The Morgan fingerprint density at radius 1 is 1.22 bits per heavy atom. The molecule has 0 N–H and O–H groups in total. The maximum atomic E-state index is 12.1. The van der Waals surface area contributed by atoms with Gasteiger partial charge in [-0.15, -0.1) is 0 Å². The number of carbonyl (C=O) groups is 1. The van der Waals surface area contributed by atoms with Gasteiger partial charge in [-0.05, 0) is 31.0 Å². The van der Waals surface area contributed by atoms with E-state index in [-0.39, 0.29) is 5.91 Å². The van der Waals surface area contributed by atoms with Gasteiger partial charge in [-0.25, -0.2) is 4.98 Å². The molecule has 0 saturated heterocycles. The van der Waals surface area contributed by atoms with Crippen molar-refractivity contribution in [2.24, 2.45) is 0 Å². The third-order valence-corrected chi connectivity index (χ3v) is 3.85. The largest absolute Gasteiger partial charge is 0.354 e. The average molecular weight is 309 g/mol. The number of aryl methyl sites for hydroxylation is 2. The molecule has 0 aliphatic heterocycles. The molecule has 0 radical (unpaired) electrons. The van der Waals surface area contributed by atoms with Gasteiger partial charge in [0.15, 0.2) is 5.76 Å². The highest BCUT2D eigenvalue weighted by Crippen LogP contribution is 2.27. The zero-order valence-electron chi connectivity index (χ0n) is 13.8. The fraction of sp³-hybridized carbons (Fsp3) is 0.278. The molecule has 3 rings (SSSR count). The number of aromatic nitrogens is 2. The fourth-order valence-corrected chi connectivity index (χ4v) is 2.55. The number of likely N-dealkylation sites (N-methyl/N-ethyl adjacent to an activating group) is 1. The number of hydrogen-bond acceptors (Lipinski definition) is 4. The summed E-state index contributed by atoms with van der Waals surface area (Å²) in [5.74, 6) is 0.694. The molecular formula is C18H19N3O2. The van der Waals surface area contributed by atoms with Crippen LogP contribution in [0, 0.1) is 13.8 Å². The molecule has 2 heterocycles. The Labute approximate surface area is 134 Å². The van der Waals surface area contributed by atoms with Gasteiger partial charge in [0.05, 0.1) is 17.6 Å². The third kappa shape index (κ3) is 2.95. The summed E-state index contributed by atoms with van der Waals surface area (Å²) < 4.78 is 5.33. The van der Waals surface area contributed by atoms with Crippen LogP contribution in [0.15, 0.2) is 34.9 Å². The van der Waals surface area contributed by atoms with Crippen LogP contribution in [0.5, 0.6) is 0 Å². The van der Waals surface area contributed by atoms with Crippen molar-refractivity contribution in [1.82, 2.24) is 15.0 Å². The topological polar surface area (TPSA) is 59.2 Å². The van der Waals surface area contributed by atoms with E-state index in [2.05, 4.69) is 5.16 Å².